The second kappa shape index (κ2) is 13.5. The molecule has 0 heterocycles. The van der Waals surface area contributed by atoms with Crippen LogP contribution in [0.25, 0.3) is 6.08 Å². The summed E-state index contributed by atoms with van der Waals surface area (Å²) in [6.45, 7) is 4.01. The third-order valence-corrected chi connectivity index (χ3v) is 5.23. The van der Waals surface area contributed by atoms with Crippen molar-refractivity contribution in [1.29, 1.82) is 0 Å². The molecule has 0 radical (unpaired) electrons. The Bertz CT molecular complexity index is 641. The van der Waals surface area contributed by atoms with Gasteiger partial charge in [0.25, 0.3) is 0 Å². The van der Waals surface area contributed by atoms with Gasteiger partial charge in [-0.1, -0.05) is 13.0 Å². The van der Waals surface area contributed by atoms with Crippen molar-refractivity contribution >= 4 is 24.4 Å². The maximum atomic E-state index is 12.2. The Hall–Kier alpha value is -1.72. The first kappa shape index (κ1) is 25.3. The second-order valence-corrected chi connectivity index (χ2v) is 8.07. The van der Waals surface area contributed by atoms with Gasteiger partial charge in [0.2, 0.25) is 5.91 Å². The van der Waals surface area contributed by atoms with Gasteiger partial charge in [-0.25, -0.2) is 0 Å². The van der Waals surface area contributed by atoms with E-state index < -0.39 is 0 Å². The lowest BCUT2D eigenvalue weighted by molar-refractivity contribution is -0.117. The molecule has 29 heavy (non-hydrogen) atoms. The van der Waals surface area contributed by atoms with Crippen molar-refractivity contribution in [2.24, 2.45) is 5.92 Å². The Morgan fingerprint density at radius 2 is 1.90 bits per heavy atom. The van der Waals surface area contributed by atoms with Gasteiger partial charge in [0.1, 0.15) is 0 Å². The molecule has 1 aliphatic carbocycles. The molecular formula is C23H37ClN2O3. The molecule has 0 atom stereocenters. The van der Waals surface area contributed by atoms with Gasteiger partial charge in [0.15, 0.2) is 11.5 Å². The molecule has 0 spiro atoms. The standard InChI is InChI=1S/C23H36N2O3.ClH/c1-18-7-11-20(12-8-18)24-23(26)14-10-19-9-13-21(22(17-19)27-4)28-16-6-5-15-25(2)3;/h9-10,13-14,17-18,20H,5-8,11-12,15-16H2,1-4H3,(H,24,26);1H/b14-10+;/t18-,20-;. The van der Waals surface area contributed by atoms with Crippen LogP contribution in [-0.4, -0.2) is 51.2 Å². The van der Waals surface area contributed by atoms with Crippen LogP contribution in [-0.2, 0) is 4.79 Å². The Labute approximate surface area is 182 Å². The predicted octanol–water partition coefficient (Wildman–Crippen LogP) is 4.55. The van der Waals surface area contributed by atoms with Crippen LogP contribution in [0.3, 0.4) is 0 Å². The summed E-state index contributed by atoms with van der Waals surface area (Å²) in [6, 6.07) is 6.07. The lowest BCUT2D eigenvalue weighted by atomic mass is 9.87. The number of carbonyl (C=O) groups is 1. The van der Waals surface area contributed by atoms with Crippen molar-refractivity contribution in [3.05, 3.63) is 29.8 Å². The molecule has 2 rings (SSSR count). The number of nitrogens with one attached hydrogen (secondary N) is 1. The minimum Gasteiger partial charge on any atom is -0.493 e. The number of halogens is 1. The monoisotopic (exact) mass is 424 g/mol. The van der Waals surface area contributed by atoms with Crippen molar-refractivity contribution < 1.29 is 14.3 Å². The molecule has 0 aliphatic heterocycles. The Morgan fingerprint density at radius 3 is 2.55 bits per heavy atom. The van der Waals surface area contributed by atoms with Gasteiger partial charge >= 0.3 is 0 Å². The predicted molar refractivity (Wildman–Crippen MR) is 122 cm³/mol. The van der Waals surface area contributed by atoms with E-state index in [1.807, 2.05) is 24.3 Å². The van der Waals surface area contributed by atoms with Crippen LogP contribution >= 0.6 is 12.4 Å². The van der Waals surface area contributed by atoms with E-state index in [-0.39, 0.29) is 18.3 Å². The number of nitrogens with zero attached hydrogens (tertiary/aromatic N) is 1. The smallest absolute Gasteiger partial charge is 0.244 e. The molecule has 0 bridgehead atoms. The first-order valence-electron chi connectivity index (χ1n) is 10.4. The fourth-order valence-electron chi connectivity index (χ4n) is 3.44. The number of unbranched alkanes of at least 4 members (excludes halogenated alkanes) is 1. The largest absolute Gasteiger partial charge is 0.493 e. The van der Waals surface area contributed by atoms with E-state index in [0.29, 0.717) is 18.4 Å². The third kappa shape index (κ3) is 9.55. The molecule has 1 N–H and O–H groups in total. The number of benzene rings is 1. The molecule has 1 aromatic rings. The summed E-state index contributed by atoms with van der Waals surface area (Å²) in [6.07, 6.45) is 10.1. The summed E-state index contributed by atoms with van der Waals surface area (Å²) < 4.78 is 11.3. The van der Waals surface area contributed by atoms with E-state index in [4.69, 9.17) is 9.47 Å². The summed E-state index contributed by atoms with van der Waals surface area (Å²) in [7, 11) is 5.79. The Kier molecular flexibility index (Phi) is 11.8. The molecule has 5 nitrogen and oxygen atoms in total. The highest BCUT2D eigenvalue weighted by Crippen LogP contribution is 2.29. The molecule has 0 aromatic heterocycles. The van der Waals surface area contributed by atoms with Crippen LogP contribution in [0.15, 0.2) is 24.3 Å². The van der Waals surface area contributed by atoms with Crippen molar-refractivity contribution in [3.63, 3.8) is 0 Å². The topological polar surface area (TPSA) is 50.8 Å². The van der Waals surface area contributed by atoms with Crippen LogP contribution in [0.2, 0.25) is 0 Å². The normalized spacial score (nSPS) is 19.1. The van der Waals surface area contributed by atoms with Gasteiger partial charge in [-0.3, -0.25) is 4.79 Å². The number of rotatable bonds is 10. The first-order chi connectivity index (χ1) is 13.5. The van der Waals surface area contributed by atoms with E-state index in [0.717, 1.165) is 49.5 Å². The molecule has 0 unspecified atom stereocenters. The zero-order valence-corrected chi connectivity index (χ0v) is 19.1. The van der Waals surface area contributed by atoms with Gasteiger partial charge in [0.05, 0.1) is 13.7 Å². The summed E-state index contributed by atoms with van der Waals surface area (Å²) in [5, 5.41) is 3.11. The van der Waals surface area contributed by atoms with Gasteiger partial charge in [-0.2, -0.15) is 0 Å². The first-order valence-corrected chi connectivity index (χ1v) is 10.4. The minimum atomic E-state index is -0.0280. The van der Waals surface area contributed by atoms with Crippen molar-refractivity contribution in [2.75, 3.05) is 34.4 Å². The number of ether oxygens (including phenoxy) is 2. The number of methoxy groups -OCH3 is 1. The summed E-state index contributed by atoms with van der Waals surface area (Å²) in [4.78, 5) is 14.4. The van der Waals surface area contributed by atoms with Crippen LogP contribution in [0.1, 0.15) is 51.0 Å². The molecule has 1 saturated carbocycles. The summed E-state index contributed by atoms with van der Waals surface area (Å²) >= 11 is 0. The Balaban J connectivity index is 0.00000420. The van der Waals surface area contributed by atoms with Gasteiger partial charge < -0.3 is 19.7 Å². The molecule has 164 valence electrons. The third-order valence-electron chi connectivity index (χ3n) is 5.23. The van der Waals surface area contributed by atoms with E-state index in [9.17, 15) is 4.79 Å². The summed E-state index contributed by atoms with van der Waals surface area (Å²) in [5.41, 5.74) is 0.921. The molecule has 1 aromatic carbocycles. The van der Waals surface area contributed by atoms with Crippen LogP contribution in [0.5, 0.6) is 11.5 Å². The maximum Gasteiger partial charge on any atom is 0.244 e. The minimum absolute atomic E-state index is 0. The van der Waals surface area contributed by atoms with E-state index >= 15 is 0 Å². The fourth-order valence-corrected chi connectivity index (χ4v) is 3.44. The van der Waals surface area contributed by atoms with Crippen molar-refractivity contribution in [3.8, 4) is 11.5 Å². The average Bonchev–Trinajstić information content (AvgIpc) is 2.68. The SMILES string of the molecule is COc1cc(/C=C/C(=O)N[C@H]2CC[C@H](C)CC2)ccc1OCCCCN(C)C.Cl. The van der Waals surface area contributed by atoms with E-state index in [1.54, 1.807) is 13.2 Å². The molecule has 1 amide bonds. The van der Waals surface area contributed by atoms with E-state index in [2.05, 4.69) is 31.2 Å². The lowest BCUT2D eigenvalue weighted by Crippen LogP contribution is -2.36. The molecule has 0 saturated heterocycles. The average molecular weight is 425 g/mol. The molecule has 1 aliphatic rings. The highest BCUT2D eigenvalue weighted by Gasteiger charge is 2.18. The van der Waals surface area contributed by atoms with Gasteiger partial charge in [-0.15, -0.1) is 12.4 Å². The van der Waals surface area contributed by atoms with Gasteiger partial charge in [0, 0.05) is 12.1 Å². The highest BCUT2D eigenvalue weighted by atomic mass is 35.5. The molecule has 1 fully saturated rings. The van der Waals surface area contributed by atoms with Gasteiger partial charge in [-0.05, 0) is 88.9 Å². The van der Waals surface area contributed by atoms with Crippen LogP contribution in [0, 0.1) is 5.92 Å². The summed E-state index contributed by atoms with van der Waals surface area (Å²) in [5.74, 6) is 2.19. The zero-order valence-electron chi connectivity index (χ0n) is 18.3. The molecular weight excluding hydrogens is 388 g/mol. The fraction of sp³-hybridized carbons (Fsp3) is 0.609. The number of carbonyl (C=O) groups excluding carboxylic acids is 1. The zero-order chi connectivity index (χ0) is 20.4. The molecule has 6 heteroatoms. The van der Waals surface area contributed by atoms with Crippen molar-refractivity contribution in [1.82, 2.24) is 10.2 Å². The number of hydrogen-bond acceptors (Lipinski definition) is 4. The number of amides is 1. The van der Waals surface area contributed by atoms with Crippen LogP contribution < -0.4 is 14.8 Å². The highest BCUT2D eigenvalue weighted by molar-refractivity contribution is 5.92. The van der Waals surface area contributed by atoms with E-state index in [1.165, 1.54) is 12.8 Å². The Morgan fingerprint density at radius 1 is 1.17 bits per heavy atom. The number of hydrogen-bond donors (Lipinski definition) is 1. The second-order valence-electron chi connectivity index (χ2n) is 8.07. The maximum absolute atomic E-state index is 12.2. The van der Waals surface area contributed by atoms with Crippen molar-refractivity contribution in [2.45, 2.75) is 51.5 Å². The lowest BCUT2D eigenvalue weighted by Gasteiger charge is -2.26. The van der Waals surface area contributed by atoms with Crippen LogP contribution in [0.4, 0.5) is 0 Å². The quantitative estimate of drug-likeness (QED) is 0.442.